The maximum atomic E-state index is 5.63. The van der Waals surface area contributed by atoms with Crippen LogP contribution in [-0.2, 0) is 6.42 Å². The van der Waals surface area contributed by atoms with Gasteiger partial charge in [0.1, 0.15) is 0 Å². The molecule has 0 bridgehead atoms. The van der Waals surface area contributed by atoms with Crippen molar-refractivity contribution in [1.29, 1.82) is 0 Å². The highest BCUT2D eigenvalue weighted by atomic mass is 79.9. The van der Waals surface area contributed by atoms with E-state index >= 15 is 0 Å². The highest BCUT2D eigenvalue weighted by molar-refractivity contribution is 9.10. The fourth-order valence-corrected chi connectivity index (χ4v) is 2.57. The molecule has 1 heterocycles. The molecule has 2 rings (SSSR count). The van der Waals surface area contributed by atoms with Crippen LogP contribution in [0.1, 0.15) is 23.7 Å². The van der Waals surface area contributed by atoms with E-state index in [0.29, 0.717) is 0 Å². The molecule has 0 aliphatic rings. The first-order valence-corrected chi connectivity index (χ1v) is 6.43. The second-order valence-electron chi connectivity index (χ2n) is 4.16. The summed E-state index contributed by atoms with van der Waals surface area (Å²) in [5.41, 5.74) is 8.14. The van der Waals surface area contributed by atoms with Crippen molar-refractivity contribution in [3.63, 3.8) is 0 Å². The van der Waals surface area contributed by atoms with Crippen LogP contribution in [0.25, 0.3) is 10.9 Å². The van der Waals surface area contributed by atoms with Crippen LogP contribution in [0.3, 0.4) is 0 Å². The van der Waals surface area contributed by atoms with Gasteiger partial charge in [0, 0.05) is 15.6 Å². The van der Waals surface area contributed by atoms with Gasteiger partial charge in [0.05, 0.1) is 11.2 Å². The van der Waals surface area contributed by atoms with Gasteiger partial charge in [-0.3, -0.25) is 10.8 Å². The zero-order valence-electron chi connectivity index (χ0n) is 10.3. The molecule has 0 aliphatic carbocycles. The van der Waals surface area contributed by atoms with Crippen LogP contribution in [0, 0.1) is 13.8 Å². The van der Waals surface area contributed by atoms with Gasteiger partial charge >= 0.3 is 0 Å². The normalized spacial score (nSPS) is 10.9. The number of hydrogen-bond acceptors (Lipinski definition) is 3. The number of pyridine rings is 1. The molecule has 0 fully saturated rings. The molecule has 3 N–H and O–H groups in total. The van der Waals surface area contributed by atoms with Gasteiger partial charge in [0.15, 0.2) is 0 Å². The standard InChI is InChI=1S/C13H16BrN3/c1-4-9-5-10(14)6-11-12(17-15)7(2)8(3)16-13(9)11/h5-6H,4,15H2,1-3H3,(H,16,17). The summed E-state index contributed by atoms with van der Waals surface area (Å²) >= 11 is 3.53. The first-order valence-electron chi connectivity index (χ1n) is 5.64. The fraction of sp³-hybridized carbons (Fsp3) is 0.308. The minimum absolute atomic E-state index is 0.954. The Kier molecular flexibility index (Phi) is 3.35. The molecule has 0 atom stereocenters. The third-order valence-corrected chi connectivity index (χ3v) is 3.60. The number of nitrogens with zero attached hydrogens (tertiary/aromatic N) is 1. The Bertz CT molecular complexity index is 579. The topological polar surface area (TPSA) is 50.9 Å². The largest absolute Gasteiger partial charge is 0.323 e. The molecular formula is C13H16BrN3. The van der Waals surface area contributed by atoms with Crippen LogP contribution in [0.2, 0.25) is 0 Å². The van der Waals surface area contributed by atoms with E-state index in [4.69, 9.17) is 5.84 Å². The molecule has 0 unspecified atom stereocenters. The number of fused-ring (bicyclic) bond motifs is 1. The number of benzene rings is 1. The lowest BCUT2D eigenvalue weighted by atomic mass is 10.0. The van der Waals surface area contributed by atoms with Gasteiger partial charge in [0.2, 0.25) is 0 Å². The minimum atomic E-state index is 0.954. The number of anilines is 1. The summed E-state index contributed by atoms with van der Waals surface area (Å²) in [5, 5.41) is 1.07. The molecule has 1 aromatic heterocycles. The van der Waals surface area contributed by atoms with E-state index in [-0.39, 0.29) is 0 Å². The van der Waals surface area contributed by atoms with Crippen molar-refractivity contribution in [2.45, 2.75) is 27.2 Å². The van der Waals surface area contributed by atoms with E-state index in [9.17, 15) is 0 Å². The smallest absolute Gasteiger partial charge is 0.0759 e. The Hall–Kier alpha value is -1.13. The van der Waals surface area contributed by atoms with Crippen molar-refractivity contribution >= 4 is 32.5 Å². The molecule has 17 heavy (non-hydrogen) atoms. The van der Waals surface area contributed by atoms with Gasteiger partial charge in [-0.2, -0.15) is 0 Å². The Morgan fingerprint density at radius 1 is 1.35 bits per heavy atom. The predicted octanol–water partition coefficient (Wildman–Crippen LogP) is 3.46. The lowest BCUT2D eigenvalue weighted by Crippen LogP contribution is -2.10. The summed E-state index contributed by atoms with van der Waals surface area (Å²) in [6, 6.07) is 4.17. The number of hydrazine groups is 1. The molecule has 90 valence electrons. The number of aryl methyl sites for hydroxylation is 2. The maximum Gasteiger partial charge on any atom is 0.0759 e. The average Bonchev–Trinajstić information content (AvgIpc) is 2.31. The van der Waals surface area contributed by atoms with Crippen LogP contribution in [-0.4, -0.2) is 4.98 Å². The summed E-state index contributed by atoms with van der Waals surface area (Å²) in [6.07, 6.45) is 0.954. The van der Waals surface area contributed by atoms with Gasteiger partial charge in [-0.15, -0.1) is 0 Å². The number of hydrogen-bond donors (Lipinski definition) is 2. The first-order chi connectivity index (χ1) is 8.08. The highest BCUT2D eigenvalue weighted by Crippen LogP contribution is 2.32. The molecule has 0 radical (unpaired) electrons. The van der Waals surface area contributed by atoms with Crippen LogP contribution in [0.15, 0.2) is 16.6 Å². The predicted molar refractivity (Wildman–Crippen MR) is 76.1 cm³/mol. The summed E-state index contributed by atoms with van der Waals surface area (Å²) in [5.74, 6) is 5.63. The summed E-state index contributed by atoms with van der Waals surface area (Å²) in [4.78, 5) is 4.68. The van der Waals surface area contributed by atoms with E-state index in [1.54, 1.807) is 0 Å². The number of nitrogens with one attached hydrogen (secondary N) is 1. The fourth-order valence-electron chi connectivity index (χ4n) is 2.07. The van der Waals surface area contributed by atoms with Crippen molar-refractivity contribution in [3.8, 4) is 0 Å². The number of halogens is 1. The Balaban J connectivity index is 2.94. The SMILES string of the molecule is CCc1cc(Br)cc2c(NN)c(C)c(C)nc12. The summed E-state index contributed by atoms with van der Waals surface area (Å²) in [6.45, 7) is 6.17. The molecule has 2 aromatic rings. The van der Waals surface area contributed by atoms with E-state index in [1.807, 2.05) is 13.8 Å². The zero-order chi connectivity index (χ0) is 12.6. The van der Waals surface area contributed by atoms with Crippen molar-refractivity contribution < 1.29 is 0 Å². The first kappa shape index (κ1) is 12.3. The van der Waals surface area contributed by atoms with Crippen molar-refractivity contribution in [2.75, 3.05) is 5.43 Å². The Morgan fingerprint density at radius 3 is 2.65 bits per heavy atom. The van der Waals surface area contributed by atoms with Crippen molar-refractivity contribution in [2.24, 2.45) is 5.84 Å². The molecular weight excluding hydrogens is 278 g/mol. The van der Waals surface area contributed by atoms with E-state index in [1.165, 1.54) is 5.56 Å². The van der Waals surface area contributed by atoms with Crippen molar-refractivity contribution in [1.82, 2.24) is 4.98 Å². The van der Waals surface area contributed by atoms with E-state index < -0.39 is 0 Å². The van der Waals surface area contributed by atoms with Gasteiger partial charge < -0.3 is 5.43 Å². The lowest BCUT2D eigenvalue weighted by Gasteiger charge is -2.14. The Morgan fingerprint density at radius 2 is 2.06 bits per heavy atom. The summed E-state index contributed by atoms with van der Waals surface area (Å²) in [7, 11) is 0. The van der Waals surface area contributed by atoms with Crippen LogP contribution < -0.4 is 11.3 Å². The minimum Gasteiger partial charge on any atom is -0.323 e. The van der Waals surface area contributed by atoms with Crippen LogP contribution in [0.5, 0.6) is 0 Å². The maximum absolute atomic E-state index is 5.63. The molecule has 0 saturated carbocycles. The van der Waals surface area contributed by atoms with Crippen molar-refractivity contribution in [3.05, 3.63) is 33.4 Å². The molecule has 0 aliphatic heterocycles. The molecule has 3 nitrogen and oxygen atoms in total. The average molecular weight is 294 g/mol. The molecule has 0 saturated heterocycles. The third kappa shape index (κ3) is 2.03. The quantitative estimate of drug-likeness (QED) is 0.658. The number of rotatable bonds is 2. The van der Waals surface area contributed by atoms with E-state index in [2.05, 4.69) is 45.4 Å². The third-order valence-electron chi connectivity index (χ3n) is 3.15. The second-order valence-corrected chi connectivity index (χ2v) is 5.07. The second kappa shape index (κ2) is 4.63. The van der Waals surface area contributed by atoms with Crippen LogP contribution in [0.4, 0.5) is 5.69 Å². The molecule has 0 spiro atoms. The zero-order valence-corrected chi connectivity index (χ0v) is 11.9. The molecule has 0 amide bonds. The Labute approximate surface area is 110 Å². The number of aromatic nitrogens is 1. The highest BCUT2D eigenvalue weighted by Gasteiger charge is 2.11. The van der Waals surface area contributed by atoms with Crippen LogP contribution >= 0.6 is 15.9 Å². The van der Waals surface area contributed by atoms with Gasteiger partial charge in [0.25, 0.3) is 0 Å². The number of nitrogen functional groups attached to an aromatic ring is 1. The van der Waals surface area contributed by atoms with Gasteiger partial charge in [-0.25, -0.2) is 0 Å². The molecule has 1 aromatic carbocycles. The monoisotopic (exact) mass is 293 g/mol. The van der Waals surface area contributed by atoms with E-state index in [0.717, 1.165) is 38.7 Å². The van der Waals surface area contributed by atoms with Gasteiger partial charge in [-0.05, 0) is 43.5 Å². The lowest BCUT2D eigenvalue weighted by molar-refractivity contribution is 1.12. The number of nitrogens with two attached hydrogens (primary N) is 1. The molecule has 4 heteroatoms. The summed E-state index contributed by atoms with van der Waals surface area (Å²) < 4.78 is 1.06. The van der Waals surface area contributed by atoms with Gasteiger partial charge in [-0.1, -0.05) is 22.9 Å².